The number of halogens is 2. The van der Waals surface area contributed by atoms with Gasteiger partial charge in [0, 0.05) is 19.1 Å². The molecule has 3 aromatic rings. The van der Waals surface area contributed by atoms with E-state index in [-0.39, 0.29) is 45.1 Å². The molecule has 1 spiro atoms. The molecule has 1 unspecified atom stereocenters. The average molecular weight is 542 g/mol. The van der Waals surface area contributed by atoms with Crippen molar-refractivity contribution in [1.29, 1.82) is 0 Å². The van der Waals surface area contributed by atoms with E-state index in [2.05, 4.69) is 45.0 Å². The molecule has 1 fully saturated rings. The summed E-state index contributed by atoms with van der Waals surface area (Å²) in [7, 11) is 0. The van der Waals surface area contributed by atoms with Crippen LogP contribution in [0.25, 0.3) is 0 Å². The van der Waals surface area contributed by atoms with Crippen LogP contribution in [0.2, 0.25) is 0 Å². The summed E-state index contributed by atoms with van der Waals surface area (Å²) in [4.78, 5) is 29.0. The minimum atomic E-state index is -3.31. The molecule has 1 aromatic carbocycles. The van der Waals surface area contributed by atoms with Gasteiger partial charge < -0.3 is 26.4 Å². The van der Waals surface area contributed by atoms with E-state index in [4.69, 9.17) is 11.5 Å². The van der Waals surface area contributed by atoms with E-state index >= 15 is 0 Å². The summed E-state index contributed by atoms with van der Waals surface area (Å²) in [6.45, 7) is 2.16. The lowest BCUT2D eigenvalue weighted by molar-refractivity contribution is -0.0479. The summed E-state index contributed by atoms with van der Waals surface area (Å²) in [5.74, 6) is -3.49. The number of aryl methyl sites for hydroxylation is 1. The molecule has 0 radical (unpaired) electrons. The molecule has 0 bridgehead atoms. The summed E-state index contributed by atoms with van der Waals surface area (Å²) >= 11 is 0.944. The standard InChI is InChI=1S/C26H29F2N7O2S/c1-14-2-3-15-9-25(20(29)16(15)8-14)4-6-34(7-5-25)22-18(12-36)32-17(10-31-22)23(37)35-11-19-21(26(27,28)13-35)33-24(30)38-19/h2-3,8,10,20,36H,4-7,9,11-13,29H2,1H3,(H2,30,33). The van der Waals surface area contributed by atoms with Crippen molar-refractivity contribution in [2.45, 2.75) is 51.3 Å². The molecule has 1 atom stereocenters. The molecule has 6 rings (SSSR count). The Labute approximate surface area is 222 Å². The fraction of sp³-hybridized carbons (Fsp3) is 0.462. The first-order chi connectivity index (χ1) is 18.1. The van der Waals surface area contributed by atoms with E-state index in [0.717, 1.165) is 35.5 Å². The summed E-state index contributed by atoms with van der Waals surface area (Å²) in [5.41, 5.74) is 15.9. The van der Waals surface area contributed by atoms with Crippen molar-refractivity contribution in [2.24, 2.45) is 11.1 Å². The summed E-state index contributed by atoms with van der Waals surface area (Å²) in [6.07, 6.45) is 3.96. The normalized spacial score (nSPS) is 21.4. The average Bonchev–Trinajstić information content (AvgIpc) is 3.41. The zero-order valence-electron chi connectivity index (χ0n) is 21.0. The molecule has 12 heteroatoms. The van der Waals surface area contributed by atoms with Crippen LogP contribution >= 0.6 is 11.3 Å². The number of benzene rings is 1. The third-order valence-electron chi connectivity index (χ3n) is 8.16. The van der Waals surface area contributed by atoms with Crippen molar-refractivity contribution in [1.82, 2.24) is 19.9 Å². The number of carbonyl (C=O) groups excluding carboxylic acids is 1. The molecular weight excluding hydrogens is 512 g/mol. The Kier molecular flexibility index (Phi) is 5.89. The van der Waals surface area contributed by atoms with E-state index in [9.17, 15) is 18.7 Å². The quantitative estimate of drug-likeness (QED) is 0.461. The number of aromatic nitrogens is 3. The number of amides is 1. The van der Waals surface area contributed by atoms with Gasteiger partial charge in [-0.05, 0) is 42.7 Å². The third-order valence-corrected chi connectivity index (χ3v) is 9.03. The Morgan fingerprint density at radius 3 is 2.76 bits per heavy atom. The molecule has 2 aliphatic heterocycles. The molecule has 0 saturated carbocycles. The van der Waals surface area contributed by atoms with Crippen LogP contribution in [0.15, 0.2) is 24.4 Å². The first-order valence-corrected chi connectivity index (χ1v) is 13.4. The molecule has 3 aliphatic rings. The summed E-state index contributed by atoms with van der Waals surface area (Å²) in [6, 6.07) is 6.47. The second-order valence-electron chi connectivity index (χ2n) is 10.6. The van der Waals surface area contributed by atoms with Gasteiger partial charge in [0.1, 0.15) is 17.1 Å². The van der Waals surface area contributed by atoms with E-state index < -0.39 is 25.0 Å². The summed E-state index contributed by atoms with van der Waals surface area (Å²) < 4.78 is 29.3. The number of alkyl halides is 2. The number of carbonyl (C=O) groups is 1. The minimum absolute atomic E-state index is 0.0201. The molecular formula is C26H29F2N7O2S. The number of thiazole rings is 1. The number of nitrogens with two attached hydrogens (primary N) is 2. The maximum Gasteiger partial charge on any atom is 0.308 e. The van der Waals surface area contributed by atoms with E-state index in [0.29, 0.717) is 18.9 Å². The van der Waals surface area contributed by atoms with E-state index in [1.807, 2.05) is 0 Å². The molecule has 4 heterocycles. The van der Waals surface area contributed by atoms with Crippen LogP contribution in [-0.4, -0.2) is 50.5 Å². The van der Waals surface area contributed by atoms with Crippen molar-refractivity contribution >= 4 is 28.2 Å². The second kappa shape index (κ2) is 8.92. The van der Waals surface area contributed by atoms with Crippen molar-refractivity contribution in [3.05, 3.63) is 63.0 Å². The van der Waals surface area contributed by atoms with Crippen molar-refractivity contribution in [2.75, 3.05) is 30.3 Å². The highest BCUT2D eigenvalue weighted by atomic mass is 32.1. The number of piperidine rings is 1. The highest BCUT2D eigenvalue weighted by Gasteiger charge is 2.47. The van der Waals surface area contributed by atoms with Crippen molar-refractivity contribution < 1.29 is 18.7 Å². The zero-order chi connectivity index (χ0) is 26.8. The SMILES string of the molecule is Cc1ccc2c(c1)C(N)C1(CCN(c3ncc(C(=O)N4Cc5sc(N)nc5C(F)(F)C4)nc3CO)CC1)C2. The number of hydrogen-bond donors (Lipinski definition) is 3. The lowest BCUT2D eigenvalue weighted by Crippen LogP contribution is -2.45. The Bertz CT molecular complexity index is 1420. The fourth-order valence-electron chi connectivity index (χ4n) is 6.14. The van der Waals surface area contributed by atoms with Crippen LogP contribution in [0.3, 0.4) is 0 Å². The molecule has 1 amide bonds. The highest BCUT2D eigenvalue weighted by Crippen LogP contribution is 2.51. The van der Waals surface area contributed by atoms with Gasteiger partial charge in [0.2, 0.25) is 0 Å². The number of nitrogen functional groups attached to an aromatic ring is 1. The molecule has 5 N–H and O–H groups in total. The molecule has 38 heavy (non-hydrogen) atoms. The van der Waals surface area contributed by atoms with E-state index in [1.165, 1.54) is 22.9 Å². The van der Waals surface area contributed by atoms with Gasteiger partial charge in [-0.1, -0.05) is 35.1 Å². The van der Waals surface area contributed by atoms with Gasteiger partial charge in [0.25, 0.3) is 5.91 Å². The molecule has 2 aromatic heterocycles. The Balaban J connectivity index is 1.19. The molecule has 9 nitrogen and oxygen atoms in total. The number of nitrogens with zero attached hydrogens (tertiary/aromatic N) is 5. The lowest BCUT2D eigenvalue weighted by atomic mass is 9.73. The van der Waals surface area contributed by atoms with E-state index in [1.54, 1.807) is 0 Å². The Morgan fingerprint density at radius 1 is 1.26 bits per heavy atom. The summed E-state index contributed by atoms with van der Waals surface area (Å²) in [5, 5.41) is 10.1. The lowest BCUT2D eigenvalue weighted by Gasteiger charge is -2.43. The van der Waals surface area contributed by atoms with Gasteiger partial charge in [-0.3, -0.25) is 4.79 Å². The van der Waals surface area contributed by atoms with Crippen molar-refractivity contribution in [3.63, 3.8) is 0 Å². The maximum atomic E-state index is 14.7. The van der Waals surface area contributed by atoms with Crippen molar-refractivity contribution in [3.8, 4) is 0 Å². The first kappa shape index (κ1) is 25.1. The van der Waals surface area contributed by atoms with Gasteiger partial charge >= 0.3 is 5.92 Å². The smallest absolute Gasteiger partial charge is 0.308 e. The number of anilines is 2. The number of aliphatic hydroxyl groups is 1. The largest absolute Gasteiger partial charge is 0.390 e. The number of rotatable bonds is 3. The van der Waals surface area contributed by atoms with Crippen LogP contribution in [0, 0.1) is 12.3 Å². The van der Waals surface area contributed by atoms with Crippen LogP contribution in [0.1, 0.15) is 62.3 Å². The number of aliphatic hydroxyl groups excluding tert-OH is 1. The van der Waals surface area contributed by atoms with Gasteiger partial charge in [-0.25, -0.2) is 15.0 Å². The predicted molar refractivity (Wildman–Crippen MR) is 139 cm³/mol. The maximum absolute atomic E-state index is 14.7. The predicted octanol–water partition coefficient (Wildman–Crippen LogP) is 2.91. The van der Waals surface area contributed by atoms with Gasteiger partial charge in [-0.15, -0.1) is 0 Å². The fourth-order valence-corrected chi connectivity index (χ4v) is 7.04. The Morgan fingerprint density at radius 2 is 2.03 bits per heavy atom. The van der Waals surface area contributed by atoms with Gasteiger partial charge in [0.15, 0.2) is 10.9 Å². The molecule has 200 valence electrons. The monoisotopic (exact) mass is 541 g/mol. The van der Waals surface area contributed by atoms with Crippen LogP contribution in [-0.2, 0) is 25.5 Å². The van der Waals surface area contributed by atoms with Crippen LogP contribution in [0.5, 0.6) is 0 Å². The molecule has 1 saturated heterocycles. The molecule has 1 aliphatic carbocycles. The second-order valence-corrected chi connectivity index (χ2v) is 11.7. The highest BCUT2D eigenvalue weighted by molar-refractivity contribution is 7.15. The topological polar surface area (TPSA) is 134 Å². The van der Waals surface area contributed by atoms with Crippen LogP contribution in [0.4, 0.5) is 19.7 Å². The first-order valence-electron chi connectivity index (χ1n) is 12.6. The minimum Gasteiger partial charge on any atom is -0.390 e. The van der Waals surface area contributed by atoms with Gasteiger partial charge in [-0.2, -0.15) is 8.78 Å². The number of fused-ring (bicyclic) bond motifs is 2. The number of hydrogen-bond acceptors (Lipinski definition) is 9. The zero-order valence-corrected chi connectivity index (χ0v) is 21.8. The Hall–Kier alpha value is -3.22. The third kappa shape index (κ3) is 4.02. The van der Waals surface area contributed by atoms with Crippen LogP contribution < -0.4 is 16.4 Å². The van der Waals surface area contributed by atoms with Gasteiger partial charge in [0.05, 0.1) is 30.8 Å².